The van der Waals surface area contributed by atoms with E-state index in [4.69, 9.17) is 0 Å². The third kappa shape index (κ3) is 4.74. The molecule has 0 bridgehead atoms. The Morgan fingerprint density at radius 3 is 1.97 bits per heavy atom. The van der Waals surface area contributed by atoms with Gasteiger partial charge < -0.3 is 4.98 Å². The van der Waals surface area contributed by atoms with E-state index in [2.05, 4.69) is 94.8 Å². The highest BCUT2D eigenvalue weighted by atomic mass is 15.1. The quantitative estimate of drug-likeness (QED) is 0.440. The molecule has 0 unspecified atom stereocenters. The molecule has 29 heavy (non-hydrogen) atoms. The minimum atomic E-state index is 0.418. The minimum absolute atomic E-state index is 0.418. The number of H-pyrrole nitrogens is 1. The van der Waals surface area contributed by atoms with E-state index in [-0.39, 0.29) is 0 Å². The minimum Gasteiger partial charge on any atom is -0.357 e. The molecular formula is C26H25N3. The van der Waals surface area contributed by atoms with Gasteiger partial charge in [0.2, 0.25) is 0 Å². The Morgan fingerprint density at radius 1 is 0.759 bits per heavy atom. The van der Waals surface area contributed by atoms with E-state index in [0.717, 1.165) is 37.3 Å². The first-order valence-electron chi connectivity index (χ1n) is 10.1. The number of fused-ring (bicyclic) bond motifs is 1. The normalized spacial score (nSPS) is 11.0. The van der Waals surface area contributed by atoms with Crippen LogP contribution in [0, 0.1) is 11.3 Å². The highest BCUT2D eigenvalue weighted by molar-refractivity contribution is 5.84. The summed E-state index contributed by atoms with van der Waals surface area (Å²) in [5, 5.41) is 10.5. The van der Waals surface area contributed by atoms with Crippen molar-refractivity contribution in [3.05, 3.63) is 107 Å². The summed E-state index contributed by atoms with van der Waals surface area (Å²) in [5.41, 5.74) is 6.07. The second-order valence-corrected chi connectivity index (χ2v) is 7.39. The van der Waals surface area contributed by atoms with Crippen LogP contribution in [0.1, 0.15) is 22.4 Å². The van der Waals surface area contributed by atoms with Crippen molar-refractivity contribution in [1.29, 1.82) is 5.26 Å². The molecule has 0 spiro atoms. The summed E-state index contributed by atoms with van der Waals surface area (Å²) < 4.78 is 0. The van der Waals surface area contributed by atoms with Gasteiger partial charge in [0.1, 0.15) is 0 Å². The van der Waals surface area contributed by atoms with Gasteiger partial charge in [0, 0.05) is 36.2 Å². The summed E-state index contributed by atoms with van der Waals surface area (Å²) in [6.07, 6.45) is 1.34. The summed E-state index contributed by atoms with van der Waals surface area (Å²) in [6.45, 7) is 2.75. The molecule has 0 saturated carbocycles. The fourth-order valence-electron chi connectivity index (χ4n) is 3.94. The van der Waals surface area contributed by atoms with E-state index in [1.54, 1.807) is 0 Å². The van der Waals surface area contributed by atoms with E-state index in [9.17, 15) is 5.26 Å². The van der Waals surface area contributed by atoms with Crippen molar-refractivity contribution in [3.63, 3.8) is 0 Å². The molecule has 3 heteroatoms. The zero-order chi connectivity index (χ0) is 19.9. The number of nitrogens with zero attached hydrogens (tertiary/aromatic N) is 2. The van der Waals surface area contributed by atoms with Crippen LogP contribution in [0.15, 0.2) is 84.9 Å². The van der Waals surface area contributed by atoms with Crippen LogP contribution in [-0.4, -0.2) is 16.4 Å². The van der Waals surface area contributed by atoms with Gasteiger partial charge in [-0.05, 0) is 29.2 Å². The van der Waals surface area contributed by atoms with E-state index in [1.807, 2.05) is 6.07 Å². The molecule has 3 nitrogen and oxygen atoms in total. The third-order valence-corrected chi connectivity index (χ3v) is 5.33. The van der Waals surface area contributed by atoms with Gasteiger partial charge in [-0.25, -0.2) is 0 Å². The van der Waals surface area contributed by atoms with E-state index in [1.165, 1.54) is 22.1 Å². The maximum atomic E-state index is 9.26. The summed E-state index contributed by atoms with van der Waals surface area (Å²) >= 11 is 0. The number of benzene rings is 3. The summed E-state index contributed by atoms with van der Waals surface area (Å²) in [4.78, 5) is 5.94. The Balaban J connectivity index is 1.57. The SMILES string of the molecule is N#CCc1[nH]c2ccccc2c1CCN(Cc1ccccc1)Cc1ccccc1. The highest BCUT2D eigenvalue weighted by Crippen LogP contribution is 2.24. The predicted molar refractivity (Wildman–Crippen MR) is 118 cm³/mol. The fraction of sp³-hybridized carbons (Fsp3) is 0.192. The van der Waals surface area contributed by atoms with Crippen LogP contribution in [-0.2, 0) is 25.9 Å². The standard InChI is InChI=1S/C26H25N3/c27-17-15-26-24(23-13-7-8-14-25(23)28-26)16-18-29(19-21-9-3-1-4-10-21)20-22-11-5-2-6-12-22/h1-14,28H,15-16,18-20H2. The summed E-state index contributed by atoms with van der Waals surface area (Å²) in [6, 6.07) is 31.9. The molecule has 0 aliphatic rings. The van der Waals surface area contributed by atoms with E-state index >= 15 is 0 Å². The lowest BCUT2D eigenvalue weighted by Gasteiger charge is -2.23. The first-order valence-corrected chi connectivity index (χ1v) is 10.1. The number of nitriles is 1. The molecule has 0 atom stereocenters. The third-order valence-electron chi connectivity index (χ3n) is 5.33. The van der Waals surface area contributed by atoms with Crippen LogP contribution in [0.25, 0.3) is 10.9 Å². The second kappa shape index (κ2) is 9.23. The van der Waals surface area contributed by atoms with Crippen molar-refractivity contribution >= 4 is 10.9 Å². The van der Waals surface area contributed by atoms with E-state index < -0.39 is 0 Å². The first-order chi connectivity index (χ1) is 14.3. The molecule has 1 N–H and O–H groups in total. The van der Waals surface area contributed by atoms with Gasteiger partial charge in [0.05, 0.1) is 12.5 Å². The van der Waals surface area contributed by atoms with Crippen LogP contribution < -0.4 is 0 Å². The molecule has 1 heterocycles. The molecule has 3 aromatic carbocycles. The van der Waals surface area contributed by atoms with Crippen molar-refractivity contribution in [2.24, 2.45) is 0 Å². The zero-order valence-corrected chi connectivity index (χ0v) is 16.5. The second-order valence-electron chi connectivity index (χ2n) is 7.39. The van der Waals surface area contributed by atoms with Gasteiger partial charge in [0.15, 0.2) is 0 Å². The van der Waals surface area contributed by atoms with Crippen LogP contribution in [0.3, 0.4) is 0 Å². The van der Waals surface area contributed by atoms with Crippen molar-refractivity contribution in [3.8, 4) is 6.07 Å². The highest BCUT2D eigenvalue weighted by Gasteiger charge is 2.14. The van der Waals surface area contributed by atoms with Gasteiger partial charge in [-0.3, -0.25) is 4.90 Å². The maximum Gasteiger partial charge on any atom is 0.0755 e. The van der Waals surface area contributed by atoms with Crippen molar-refractivity contribution in [1.82, 2.24) is 9.88 Å². The smallest absolute Gasteiger partial charge is 0.0755 e. The Kier molecular flexibility index (Phi) is 6.04. The Labute approximate surface area is 172 Å². The van der Waals surface area contributed by atoms with Gasteiger partial charge in [-0.15, -0.1) is 0 Å². The molecule has 0 radical (unpaired) electrons. The number of hydrogen-bond acceptors (Lipinski definition) is 2. The van der Waals surface area contributed by atoms with Crippen molar-refractivity contribution < 1.29 is 0 Å². The number of para-hydroxylation sites is 1. The number of aromatic nitrogens is 1. The molecule has 0 fully saturated rings. The Morgan fingerprint density at radius 2 is 1.34 bits per heavy atom. The van der Waals surface area contributed by atoms with Crippen molar-refractivity contribution in [2.45, 2.75) is 25.9 Å². The predicted octanol–water partition coefficient (Wildman–Crippen LogP) is 5.48. The summed E-state index contributed by atoms with van der Waals surface area (Å²) in [7, 11) is 0. The molecule has 1 aromatic heterocycles. The molecule has 0 aliphatic heterocycles. The molecular weight excluding hydrogens is 354 g/mol. The van der Waals surface area contributed by atoms with E-state index in [0.29, 0.717) is 6.42 Å². The Hall–Kier alpha value is -3.35. The topological polar surface area (TPSA) is 42.8 Å². The molecule has 0 aliphatic carbocycles. The monoisotopic (exact) mass is 379 g/mol. The maximum absolute atomic E-state index is 9.26. The van der Waals surface area contributed by atoms with Gasteiger partial charge in [-0.1, -0.05) is 78.9 Å². The summed E-state index contributed by atoms with van der Waals surface area (Å²) in [5.74, 6) is 0. The molecule has 144 valence electrons. The Bertz CT molecular complexity index is 1050. The number of aromatic amines is 1. The molecule has 4 rings (SSSR count). The lowest BCUT2D eigenvalue weighted by atomic mass is 10.0. The van der Waals surface area contributed by atoms with Gasteiger partial charge >= 0.3 is 0 Å². The lowest BCUT2D eigenvalue weighted by Crippen LogP contribution is -2.25. The van der Waals surface area contributed by atoms with Gasteiger partial charge in [-0.2, -0.15) is 5.26 Å². The number of nitrogens with one attached hydrogen (secondary N) is 1. The average molecular weight is 380 g/mol. The number of hydrogen-bond donors (Lipinski definition) is 1. The molecule has 4 aromatic rings. The van der Waals surface area contributed by atoms with Gasteiger partial charge in [0.25, 0.3) is 0 Å². The van der Waals surface area contributed by atoms with Crippen LogP contribution in [0.5, 0.6) is 0 Å². The van der Waals surface area contributed by atoms with Crippen LogP contribution in [0.2, 0.25) is 0 Å². The average Bonchev–Trinajstić information content (AvgIpc) is 3.11. The first kappa shape index (κ1) is 19.0. The largest absolute Gasteiger partial charge is 0.357 e. The van der Waals surface area contributed by atoms with Crippen molar-refractivity contribution in [2.75, 3.05) is 6.54 Å². The number of rotatable bonds is 8. The molecule has 0 amide bonds. The fourth-order valence-corrected chi connectivity index (χ4v) is 3.94. The van der Waals surface area contributed by atoms with Crippen LogP contribution in [0.4, 0.5) is 0 Å². The zero-order valence-electron chi connectivity index (χ0n) is 16.5. The molecule has 0 saturated heterocycles. The van der Waals surface area contributed by atoms with Crippen LogP contribution >= 0.6 is 0 Å². The lowest BCUT2D eigenvalue weighted by molar-refractivity contribution is 0.260.